The maximum absolute atomic E-state index is 9.45. The number of aliphatic hydroxyl groups excluding tert-OH is 1. The molecule has 1 aromatic carbocycles. The minimum atomic E-state index is 0.0675. The van der Waals surface area contributed by atoms with Crippen molar-refractivity contribution < 1.29 is 5.11 Å². The highest BCUT2D eigenvalue weighted by atomic mass is 16.3. The van der Waals surface area contributed by atoms with E-state index in [0.29, 0.717) is 6.04 Å². The number of likely N-dealkylation sites (tertiary alicyclic amines) is 1. The molecule has 2 atom stereocenters. The third-order valence-corrected chi connectivity index (χ3v) is 3.92. The fourth-order valence-electron chi connectivity index (χ4n) is 2.74. The molecule has 3 heteroatoms. The number of rotatable bonds is 6. The van der Waals surface area contributed by atoms with Crippen molar-refractivity contribution in [2.75, 3.05) is 26.7 Å². The van der Waals surface area contributed by atoms with Gasteiger partial charge in [-0.15, -0.1) is 0 Å². The number of hydrogen-bond donors (Lipinski definition) is 2. The molecule has 2 N–H and O–H groups in total. The molecular formula is C15H24N2O. The third-order valence-electron chi connectivity index (χ3n) is 3.92. The number of nitrogens with zero attached hydrogens (tertiary/aromatic N) is 1. The zero-order valence-corrected chi connectivity index (χ0v) is 11.2. The van der Waals surface area contributed by atoms with Gasteiger partial charge < -0.3 is 15.3 Å². The van der Waals surface area contributed by atoms with Crippen molar-refractivity contribution >= 4 is 0 Å². The van der Waals surface area contributed by atoms with Crippen LogP contribution in [0.15, 0.2) is 30.3 Å². The van der Waals surface area contributed by atoms with Gasteiger partial charge in [0.25, 0.3) is 0 Å². The second-order valence-electron chi connectivity index (χ2n) is 5.17. The van der Waals surface area contributed by atoms with Crippen LogP contribution in [0.2, 0.25) is 0 Å². The third kappa shape index (κ3) is 3.55. The van der Waals surface area contributed by atoms with E-state index in [1.54, 1.807) is 0 Å². The first-order valence-electron chi connectivity index (χ1n) is 6.90. The molecule has 0 aliphatic carbocycles. The molecule has 1 aliphatic rings. The molecule has 0 radical (unpaired) electrons. The predicted molar refractivity (Wildman–Crippen MR) is 74.5 cm³/mol. The van der Waals surface area contributed by atoms with E-state index in [-0.39, 0.29) is 12.6 Å². The molecule has 18 heavy (non-hydrogen) atoms. The van der Waals surface area contributed by atoms with Gasteiger partial charge in [-0.3, -0.25) is 0 Å². The fraction of sp³-hybridized carbons (Fsp3) is 0.600. The highest BCUT2D eigenvalue weighted by molar-refractivity contribution is 5.18. The van der Waals surface area contributed by atoms with E-state index < -0.39 is 0 Å². The van der Waals surface area contributed by atoms with Crippen LogP contribution in [-0.2, 0) is 0 Å². The SMILES string of the molecule is CN1CCC[C@H]1CCN[C@H](CO)c1ccccc1. The van der Waals surface area contributed by atoms with Crippen LogP contribution in [-0.4, -0.2) is 42.8 Å². The highest BCUT2D eigenvalue weighted by Crippen LogP contribution is 2.18. The van der Waals surface area contributed by atoms with Crippen LogP contribution in [0.4, 0.5) is 0 Å². The first-order chi connectivity index (χ1) is 8.81. The molecule has 0 spiro atoms. The van der Waals surface area contributed by atoms with Crippen molar-refractivity contribution in [3.63, 3.8) is 0 Å². The van der Waals surface area contributed by atoms with Gasteiger partial charge in [-0.2, -0.15) is 0 Å². The second-order valence-corrected chi connectivity index (χ2v) is 5.17. The Morgan fingerprint density at radius 1 is 1.39 bits per heavy atom. The molecule has 0 saturated carbocycles. The molecule has 2 rings (SSSR count). The molecule has 0 bridgehead atoms. The fourth-order valence-corrected chi connectivity index (χ4v) is 2.74. The Morgan fingerprint density at radius 3 is 2.78 bits per heavy atom. The predicted octanol–water partition coefficient (Wildman–Crippen LogP) is 1.79. The summed E-state index contributed by atoms with van der Waals surface area (Å²) in [5.74, 6) is 0. The van der Waals surface area contributed by atoms with Crippen molar-refractivity contribution in [3.8, 4) is 0 Å². The average Bonchev–Trinajstić information content (AvgIpc) is 2.81. The van der Waals surface area contributed by atoms with Crippen molar-refractivity contribution in [2.24, 2.45) is 0 Å². The molecule has 3 nitrogen and oxygen atoms in total. The summed E-state index contributed by atoms with van der Waals surface area (Å²) < 4.78 is 0. The van der Waals surface area contributed by atoms with Crippen LogP contribution in [0.5, 0.6) is 0 Å². The van der Waals surface area contributed by atoms with Gasteiger partial charge in [0.1, 0.15) is 0 Å². The van der Waals surface area contributed by atoms with Crippen LogP contribution in [0.1, 0.15) is 30.9 Å². The van der Waals surface area contributed by atoms with Crippen LogP contribution in [0.25, 0.3) is 0 Å². The van der Waals surface area contributed by atoms with Crippen LogP contribution < -0.4 is 5.32 Å². The van der Waals surface area contributed by atoms with Gasteiger partial charge in [0.05, 0.1) is 12.6 Å². The number of aliphatic hydroxyl groups is 1. The molecular weight excluding hydrogens is 224 g/mol. The minimum Gasteiger partial charge on any atom is -0.394 e. The summed E-state index contributed by atoms with van der Waals surface area (Å²) in [5.41, 5.74) is 1.17. The Labute approximate surface area is 110 Å². The molecule has 0 aromatic heterocycles. The van der Waals surface area contributed by atoms with Gasteiger partial charge >= 0.3 is 0 Å². The van der Waals surface area contributed by atoms with E-state index in [4.69, 9.17) is 0 Å². The van der Waals surface area contributed by atoms with Crippen LogP contribution in [0.3, 0.4) is 0 Å². The largest absolute Gasteiger partial charge is 0.394 e. The molecule has 0 unspecified atom stereocenters. The summed E-state index contributed by atoms with van der Waals surface area (Å²) in [7, 11) is 2.21. The Kier molecular flexibility index (Phi) is 5.17. The van der Waals surface area contributed by atoms with Crippen LogP contribution >= 0.6 is 0 Å². The van der Waals surface area contributed by atoms with E-state index in [9.17, 15) is 5.11 Å². The van der Waals surface area contributed by atoms with Gasteiger partial charge in [0.2, 0.25) is 0 Å². The molecule has 100 valence electrons. The van der Waals surface area contributed by atoms with Gasteiger partial charge in [-0.05, 0) is 45.0 Å². The van der Waals surface area contributed by atoms with Gasteiger partial charge in [0.15, 0.2) is 0 Å². The second kappa shape index (κ2) is 6.88. The van der Waals surface area contributed by atoms with E-state index >= 15 is 0 Å². The summed E-state index contributed by atoms with van der Waals surface area (Å²) >= 11 is 0. The van der Waals surface area contributed by atoms with Crippen LogP contribution in [0, 0.1) is 0 Å². The number of benzene rings is 1. The normalized spacial score (nSPS) is 22.2. The lowest BCUT2D eigenvalue weighted by Crippen LogP contribution is -2.31. The van der Waals surface area contributed by atoms with Crippen molar-refractivity contribution in [1.29, 1.82) is 0 Å². The Bertz CT molecular complexity index is 342. The number of hydrogen-bond acceptors (Lipinski definition) is 3. The van der Waals surface area contributed by atoms with Crippen molar-refractivity contribution in [1.82, 2.24) is 10.2 Å². The summed E-state index contributed by atoms with van der Waals surface area (Å²) in [4.78, 5) is 2.44. The topological polar surface area (TPSA) is 35.5 Å². The van der Waals surface area contributed by atoms with Gasteiger partial charge in [-0.1, -0.05) is 30.3 Å². The number of nitrogens with one attached hydrogen (secondary N) is 1. The monoisotopic (exact) mass is 248 g/mol. The maximum atomic E-state index is 9.45. The van der Waals surface area contributed by atoms with E-state index in [0.717, 1.165) is 6.54 Å². The summed E-state index contributed by atoms with van der Waals surface area (Å²) in [6, 6.07) is 11.0. The maximum Gasteiger partial charge on any atom is 0.0626 e. The van der Waals surface area contributed by atoms with Gasteiger partial charge in [0, 0.05) is 6.04 Å². The van der Waals surface area contributed by atoms with Gasteiger partial charge in [-0.25, -0.2) is 0 Å². The van der Waals surface area contributed by atoms with Crippen molar-refractivity contribution in [2.45, 2.75) is 31.3 Å². The first kappa shape index (κ1) is 13.5. The quantitative estimate of drug-likeness (QED) is 0.806. The smallest absolute Gasteiger partial charge is 0.0626 e. The molecule has 1 fully saturated rings. The lowest BCUT2D eigenvalue weighted by Gasteiger charge is -2.22. The van der Waals surface area contributed by atoms with Crippen molar-refractivity contribution in [3.05, 3.63) is 35.9 Å². The Hall–Kier alpha value is -0.900. The first-order valence-corrected chi connectivity index (χ1v) is 6.90. The Balaban J connectivity index is 1.77. The Morgan fingerprint density at radius 2 is 2.17 bits per heavy atom. The van der Waals surface area contributed by atoms with E-state index in [1.165, 1.54) is 31.4 Å². The lowest BCUT2D eigenvalue weighted by molar-refractivity contribution is 0.236. The summed E-state index contributed by atoms with van der Waals surface area (Å²) in [5, 5.41) is 12.9. The zero-order valence-electron chi connectivity index (χ0n) is 11.2. The molecule has 1 heterocycles. The molecule has 1 saturated heterocycles. The average molecular weight is 248 g/mol. The zero-order chi connectivity index (χ0) is 12.8. The lowest BCUT2D eigenvalue weighted by atomic mass is 10.1. The molecule has 0 amide bonds. The standard InChI is InChI=1S/C15H24N2O/c1-17-11-5-8-14(17)9-10-16-15(12-18)13-6-3-2-4-7-13/h2-4,6-7,14-16,18H,5,8-12H2,1H3/t14-,15+/m0/s1. The van der Waals surface area contributed by atoms with E-state index in [1.807, 2.05) is 18.2 Å². The summed E-state index contributed by atoms with van der Waals surface area (Å²) in [6.45, 7) is 2.35. The highest BCUT2D eigenvalue weighted by Gasteiger charge is 2.20. The summed E-state index contributed by atoms with van der Waals surface area (Å²) in [6.07, 6.45) is 3.80. The molecule has 1 aromatic rings. The van der Waals surface area contributed by atoms with E-state index in [2.05, 4.69) is 29.4 Å². The minimum absolute atomic E-state index is 0.0675. The molecule has 1 aliphatic heterocycles.